The predicted octanol–water partition coefficient (Wildman–Crippen LogP) is 2.08. The minimum atomic E-state index is -0.260. The van der Waals surface area contributed by atoms with Gasteiger partial charge in [0.15, 0.2) is 0 Å². The third kappa shape index (κ3) is 3.38. The van der Waals surface area contributed by atoms with Gasteiger partial charge in [-0.3, -0.25) is 4.79 Å². The number of para-hydroxylation sites is 1. The zero-order valence-corrected chi connectivity index (χ0v) is 13.5. The highest BCUT2D eigenvalue weighted by molar-refractivity contribution is 5.83. The second-order valence-corrected chi connectivity index (χ2v) is 6.27. The number of carbonyl (C=O) groups excluding carboxylic acids is 1. The van der Waals surface area contributed by atoms with Crippen LogP contribution in [0.1, 0.15) is 25.8 Å². The molecule has 0 aliphatic carbocycles. The van der Waals surface area contributed by atoms with E-state index in [1.165, 1.54) is 0 Å². The van der Waals surface area contributed by atoms with E-state index in [-0.39, 0.29) is 17.4 Å². The van der Waals surface area contributed by atoms with Gasteiger partial charge in [0.2, 0.25) is 5.91 Å². The van der Waals surface area contributed by atoms with Crippen LogP contribution < -0.4 is 10.1 Å². The van der Waals surface area contributed by atoms with Gasteiger partial charge < -0.3 is 15.0 Å². The number of ether oxygens (including phenoxy) is 1. The summed E-state index contributed by atoms with van der Waals surface area (Å²) in [6.07, 6.45) is 1.72. The Bertz CT molecular complexity index is 495. The Morgan fingerprint density at radius 2 is 2.19 bits per heavy atom. The van der Waals surface area contributed by atoms with E-state index in [9.17, 15) is 4.79 Å². The number of hydrogen-bond donors (Lipinski definition) is 1. The van der Waals surface area contributed by atoms with E-state index in [1.54, 1.807) is 7.11 Å². The summed E-state index contributed by atoms with van der Waals surface area (Å²) in [7, 11) is 3.59. The van der Waals surface area contributed by atoms with Gasteiger partial charge >= 0.3 is 0 Å². The summed E-state index contributed by atoms with van der Waals surface area (Å²) in [5, 5.41) is 3.29. The topological polar surface area (TPSA) is 41.6 Å². The summed E-state index contributed by atoms with van der Waals surface area (Å²) in [6.45, 7) is 5.85. The number of nitrogens with zero attached hydrogens (tertiary/aromatic N) is 1. The van der Waals surface area contributed by atoms with Crippen molar-refractivity contribution >= 4 is 5.91 Å². The lowest BCUT2D eigenvalue weighted by Gasteiger charge is -2.33. The van der Waals surface area contributed by atoms with Crippen LogP contribution in [0.2, 0.25) is 0 Å². The minimum absolute atomic E-state index is 0.145. The molecule has 4 heteroatoms. The van der Waals surface area contributed by atoms with Crippen molar-refractivity contribution < 1.29 is 9.53 Å². The molecule has 1 N–H and O–H groups in total. The molecule has 2 rings (SSSR count). The predicted molar refractivity (Wildman–Crippen MR) is 84.5 cm³/mol. The molecule has 1 heterocycles. The van der Waals surface area contributed by atoms with Crippen molar-refractivity contribution in [3.05, 3.63) is 29.8 Å². The lowest BCUT2D eigenvalue weighted by molar-refractivity contribution is -0.140. The molecular weight excluding hydrogens is 264 g/mol. The van der Waals surface area contributed by atoms with Crippen molar-refractivity contribution in [1.29, 1.82) is 0 Å². The van der Waals surface area contributed by atoms with Crippen LogP contribution in [0.3, 0.4) is 0 Å². The average Bonchev–Trinajstić information content (AvgIpc) is 2.94. The minimum Gasteiger partial charge on any atom is -0.496 e. The fourth-order valence-corrected chi connectivity index (χ4v) is 2.95. The Hall–Kier alpha value is -1.55. The van der Waals surface area contributed by atoms with Crippen molar-refractivity contribution in [3.8, 4) is 5.75 Å². The second-order valence-electron chi connectivity index (χ2n) is 6.27. The van der Waals surface area contributed by atoms with Crippen molar-refractivity contribution in [2.24, 2.45) is 5.41 Å². The Morgan fingerprint density at radius 1 is 1.48 bits per heavy atom. The SMILES string of the molecule is COc1ccccc1CC(C)N(C)C(=O)C1(C)CCNC1. The highest BCUT2D eigenvalue weighted by Crippen LogP contribution is 2.28. The smallest absolute Gasteiger partial charge is 0.229 e. The average molecular weight is 290 g/mol. The number of amides is 1. The van der Waals surface area contributed by atoms with Crippen LogP contribution in [-0.2, 0) is 11.2 Å². The molecule has 1 aromatic carbocycles. The molecule has 0 bridgehead atoms. The van der Waals surface area contributed by atoms with Crippen LogP contribution >= 0.6 is 0 Å². The second kappa shape index (κ2) is 6.48. The molecule has 116 valence electrons. The van der Waals surface area contributed by atoms with Crippen molar-refractivity contribution in [2.75, 3.05) is 27.2 Å². The van der Waals surface area contributed by atoms with Gasteiger partial charge in [0.1, 0.15) is 5.75 Å². The maximum atomic E-state index is 12.7. The van der Waals surface area contributed by atoms with Crippen LogP contribution in [0.25, 0.3) is 0 Å². The number of rotatable bonds is 5. The summed E-state index contributed by atoms with van der Waals surface area (Å²) < 4.78 is 5.39. The van der Waals surface area contributed by atoms with Crippen molar-refractivity contribution in [2.45, 2.75) is 32.7 Å². The zero-order valence-electron chi connectivity index (χ0n) is 13.5. The van der Waals surface area contributed by atoms with Crippen LogP contribution in [-0.4, -0.2) is 44.1 Å². The van der Waals surface area contributed by atoms with Crippen LogP contribution in [0.15, 0.2) is 24.3 Å². The summed E-state index contributed by atoms with van der Waals surface area (Å²) >= 11 is 0. The van der Waals surface area contributed by atoms with Gasteiger partial charge in [-0.2, -0.15) is 0 Å². The standard InChI is InChI=1S/C17H26N2O2/c1-13(11-14-7-5-6-8-15(14)21-4)19(3)16(20)17(2)9-10-18-12-17/h5-8,13,18H,9-12H2,1-4H3. The molecule has 0 saturated carbocycles. The molecule has 1 saturated heterocycles. The molecule has 1 aliphatic rings. The van der Waals surface area contributed by atoms with Crippen molar-refractivity contribution in [1.82, 2.24) is 10.2 Å². The fraction of sp³-hybridized carbons (Fsp3) is 0.588. The van der Waals surface area contributed by atoms with Crippen LogP contribution in [0.5, 0.6) is 5.75 Å². The lowest BCUT2D eigenvalue weighted by Crippen LogP contribution is -2.46. The molecule has 4 nitrogen and oxygen atoms in total. The first-order valence-corrected chi connectivity index (χ1v) is 7.58. The molecule has 21 heavy (non-hydrogen) atoms. The first-order valence-electron chi connectivity index (χ1n) is 7.58. The van der Waals surface area contributed by atoms with E-state index in [0.29, 0.717) is 0 Å². The third-order valence-electron chi connectivity index (χ3n) is 4.57. The monoisotopic (exact) mass is 290 g/mol. The maximum absolute atomic E-state index is 12.7. The first-order chi connectivity index (χ1) is 9.98. The van der Waals surface area contributed by atoms with E-state index >= 15 is 0 Å². The molecule has 0 radical (unpaired) electrons. The Labute approximate surface area is 127 Å². The van der Waals surface area contributed by atoms with E-state index in [2.05, 4.69) is 25.2 Å². The highest BCUT2D eigenvalue weighted by Gasteiger charge is 2.39. The molecule has 1 aromatic rings. The van der Waals surface area contributed by atoms with Crippen LogP contribution in [0, 0.1) is 5.41 Å². The van der Waals surface area contributed by atoms with Gasteiger partial charge in [0.25, 0.3) is 0 Å². The number of carbonyl (C=O) groups is 1. The Balaban J connectivity index is 2.05. The Morgan fingerprint density at radius 3 is 2.81 bits per heavy atom. The number of benzene rings is 1. The van der Waals surface area contributed by atoms with Gasteiger partial charge in [0, 0.05) is 19.6 Å². The van der Waals surface area contributed by atoms with Crippen molar-refractivity contribution in [3.63, 3.8) is 0 Å². The van der Waals surface area contributed by atoms with E-state index < -0.39 is 0 Å². The van der Waals surface area contributed by atoms with E-state index in [0.717, 1.165) is 37.2 Å². The van der Waals surface area contributed by atoms with Gasteiger partial charge in [-0.1, -0.05) is 18.2 Å². The third-order valence-corrected chi connectivity index (χ3v) is 4.57. The molecule has 1 amide bonds. The lowest BCUT2D eigenvalue weighted by atomic mass is 9.87. The molecule has 0 aromatic heterocycles. The molecule has 1 aliphatic heterocycles. The summed E-state index contributed by atoms with van der Waals surface area (Å²) in [5.74, 6) is 1.12. The first kappa shape index (κ1) is 15.8. The van der Waals surface area contributed by atoms with Gasteiger partial charge in [-0.25, -0.2) is 0 Å². The molecule has 2 unspecified atom stereocenters. The summed E-state index contributed by atoms with van der Waals surface area (Å²) in [6, 6.07) is 8.14. The molecule has 0 spiro atoms. The largest absolute Gasteiger partial charge is 0.496 e. The molecule has 2 atom stereocenters. The number of likely N-dealkylation sites (N-methyl/N-ethyl adjacent to an activating group) is 1. The van der Waals surface area contributed by atoms with Gasteiger partial charge in [-0.15, -0.1) is 0 Å². The number of hydrogen-bond acceptors (Lipinski definition) is 3. The Kier molecular flexibility index (Phi) is 4.88. The molecular formula is C17H26N2O2. The van der Waals surface area contributed by atoms with E-state index in [4.69, 9.17) is 4.74 Å². The highest BCUT2D eigenvalue weighted by atomic mass is 16.5. The summed E-state index contributed by atoms with van der Waals surface area (Å²) in [5.41, 5.74) is 0.880. The van der Waals surface area contributed by atoms with Gasteiger partial charge in [0.05, 0.1) is 12.5 Å². The van der Waals surface area contributed by atoms with E-state index in [1.807, 2.05) is 30.1 Å². The van der Waals surface area contributed by atoms with Gasteiger partial charge in [-0.05, 0) is 44.9 Å². The fourth-order valence-electron chi connectivity index (χ4n) is 2.95. The zero-order chi connectivity index (χ0) is 15.5. The number of methoxy groups -OCH3 is 1. The molecule has 1 fully saturated rings. The normalized spacial score (nSPS) is 22.9. The quantitative estimate of drug-likeness (QED) is 0.903. The van der Waals surface area contributed by atoms with Crippen LogP contribution in [0.4, 0.5) is 0 Å². The summed E-state index contributed by atoms with van der Waals surface area (Å²) in [4.78, 5) is 14.6. The number of nitrogens with one attached hydrogen (secondary N) is 1. The maximum Gasteiger partial charge on any atom is 0.229 e.